The number of ether oxygens (including phenoxy) is 3. The Labute approximate surface area is 91.1 Å². The van der Waals surface area contributed by atoms with Gasteiger partial charge in [-0.25, -0.2) is 0 Å². The number of alkyl halides is 2. The minimum absolute atomic E-state index is 0.104. The first-order valence-corrected chi connectivity index (χ1v) is 4.72. The summed E-state index contributed by atoms with van der Waals surface area (Å²) in [5, 5.41) is 2.87. The van der Waals surface area contributed by atoms with E-state index >= 15 is 0 Å². The smallest absolute Gasteiger partial charge is 0.387 e. The number of halogens is 2. The van der Waals surface area contributed by atoms with Crippen LogP contribution in [0.2, 0.25) is 0 Å². The van der Waals surface area contributed by atoms with Crippen molar-refractivity contribution in [3.8, 4) is 17.2 Å². The maximum Gasteiger partial charge on any atom is 0.387 e. The quantitative estimate of drug-likeness (QED) is 0.856. The van der Waals surface area contributed by atoms with Crippen LogP contribution in [-0.2, 0) is 6.54 Å². The third kappa shape index (κ3) is 2.16. The van der Waals surface area contributed by atoms with Gasteiger partial charge in [0.05, 0.1) is 0 Å². The second kappa shape index (κ2) is 4.52. The average Bonchev–Trinajstić information content (AvgIpc) is 2.64. The maximum atomic E-state index is 12.2. The first-order valence-electron chi connectivity index (χ1n) is 4.72. The molecular weight excluding hydrogens is 220 g/mol. The molecule has 2 rings (SSSR count). The zero-order chi connectivity index (χ0) is 11.5. The van der Waals surface area contributed by atoms with Crippen LogP contribution in [-0.4, -0.2) is 20.5 Å². The molecule has 0 saturated heterocycles. The Bertz CT molecular complexity index is 385. The number of hydrogen-bond acceptors (Lipinski definition) is 4. The van der Waals surface area contributed by atoms with Crippen LogP contribution in [0, 0.1) is 0 Å². The molecule has 1 aliphatic heterocycles. The molecule has 4 nitrogen and oxygen atoms in total. The highest BCUT2D eigenvalue weighted by Crippen LogP contribution is 2.38. The lowest BCUT2D eigenvalue weighted by Crippen LogP contribution is -2.10. The molecule has 16 heavy (non-hydrogen) atoms. The lowest BCUT2D eigenvalue weighted by Gasteiger charge is -2.11. The summed E-state index contributed by atoms with van der Waals surface area (Å²) in [5.74, 6) is 1.08. The van der Waals surface area contributed by atoms with Gasteiger partial charge in [-0.2, -0.15) is 8.78 Å². The minimum Gasteiger partial charge on any atom is -0.454 e. The molecule has 0 fully saturated rings. The number of rotatable bonds is 4. The fraction of sp³-hybridized carbons (Fsp3) is 0.400. The third-order valence-electron chi connectivity index (χ3n) is 2.14. The molecule has 0 atom stereocenters. The van der Waals surface area contributed by atoms with Crippen molar-refractivity contribution < 1.29 is 23.0 Å². The molecule has 1 aromatic carbocycles. The summed E-state index contributed by atoms with van der Waals surface area (Å²) in [7, 11) is 1.72. The van der Waals surface area contributed by atoms with E-state index in [2.05, 4.69) is 10.1 Å². The molecule has 1 heterocycles. The Morgan fingerprint density at radius 3 is 2.69 bits per heavy atom. The number of nitrogens with one attached hydrogen (secondary N) is 1. The second-order valence-electron chi connectivity index (χ2n) is 3.22. The van der Waals surface area contributed by atoms with Crippen molar-refractivity contribution in [2.75, 3.05) is 13.8 Å². The SMILES string of the molecule is CNCc1cc2c(cc1OC(F)F)OCO2. The van der Waals surface area contributed by atoms with E-state index in [0.717, 1.165) is 0 Å². The number of fused-ring (bicyclic) bond motifs is 1. The van der Waals surface area contributed by atoms with Crippen molar-refractivity contribution in [2.24, 2.45) is 0 Å². The summed E-state index contributed by atoms with van der Waals surface area (Å²) < 4.78 is 39.0. The van der Waals surface area contributed by atoms with Gasteiger partial charge < -0.3 is 19.5 Å². The predicted molar refractivity (Wildman–Crippen MR) is 52.0 cm³/mol. The highest BCUT2D eigenvalue weighted by atomic mass is 19.3. The fourth-order valence-corrected chi connectivity index (χ4v) is 1.50. The molecule has 1 N–H and O–H groups in total. The van der Waals surface area contributed by atoms with Gasteiger partial charge in [-0.15, -0.1) is 0 Å². The molecule has 0 spiro atoms. The molecule has 1 aliphatic rings. The summed E-state index contributed by atoms with van der Waals surface area (Å²) in [6.45, 7) is -2.33. The third-order valence-corrected chi connectivity index (χ3v) is 2.14. The molecule has 88 valence electrons. The summed E-state index contributed by atoms with van der Waals surface area (Å²) >= 11 is 0. The summed E-state index contributed by atoms with van der Waals surface area (Å²) in [6.07, 6.45) is 0. The standard InChI is InChI=1S/C10H11F2NO3/c1-13-4-6-2-8-9(15-5-14-8)3-7(6)16-10(11)12/h2-3,10,13H,4-5H2,1H3. The molecule has 0 unspecified atom stereocenters. The van der Waals surface area contributed by atoms with Gasteiger partial charge in [0.25, 0.3) is 0 Å². The minimum atomic E-state index is -2.85. The number of benzene rings is 1. The van der Waals surface area contributed by atoms with Gasteiger partial charge in [0.2, 0.25) is 6.79 Å². The van der Waals surface area contributed by atoms with E-state index in [1.54, 1.807) is 13.1 Å². The number of hydrogen-bond donors (Lipinski definition) is 1. The van der Waals surface area contributed by atoms with Crippen LogP contribution in [0.5, 0.6) is 17.2 Å². The van der Waals surface area contributed by atoms with Crippen LogP contribution in [0.3, 0.4) is 0 Å². The van der Waals surface area contributed by atoms with E-state index in [0.29, 0.717) is 23.6 Å². The maximum absolute atomic E-state index is 12.2. The summed E-state index contributed by atoms with van der Waals surface area (Å²) in [4.78, 5) is 0. The molecule has 0 aliphatic carbocycles. The largest absolute Gasteiger partial charge is 0.454 e. The molecule has 0 bridgehead atoms. The van der Waals surface area contributed by atoms with Crippen LogP contribution in [0.25, 0.3) is 0 Å². The Balaban J connectivity index is 2.32. The van der Waals surface area contributed by atoms with Crippen LogP contribution in [0.4, 0.5) is 8.78 Å². The van der Waals surface area contributed by atoms with Crippen LogP contribution < -0.4 is 19.5 Å². The van der Waals surface area contributed by atoms with Gasteiger partial charge in [-0.1, -0.05) is 0 Å². The van der Waals surface area contributed by atoms with Crippen molar-refractivity contribution in [1.29, 1.82) is 0 Å². The van der Waals surface area contributed by atoms with E-state index in [1.807, 2.05) is 0 Å². The second-order valence-corrected chi connectivity index (χ2v) is 3.22. The fourth-order valence-electron chi connectivity index (χ4n) is 1.50. The van der Waals surface area contributed by atoms with Gasteiger partial charge in [-0.3, -0.25) is 0 Å². The zero-order valence-corrected chi connectivity index (χ0v) is 8.63. The van der Waals surface area contributed by atoms with Gasteiger partial charge >= 0.3 is 6.61 Å². The highest BCUT2D eigenvalue weighted by Gasteiger charge is 2.19. The lowest BCUT2D eigenvalue weighted by atomic mass is 10.1. The van der Waals surface area contributed by atoms with Gasteiger partial charge in [-0.05, 0) is 13.1 Å². The van der Waals surface area contributed by atoms with Gasteiger partial charge in [0.15, 0.2) is 11.5 Å². The van der Waals surface area contributed by atoms with Crippen molar-refractivity contribution in [2.45, 2.75) is 13.2 Å². The molecule has 0 saturated carbocycles. The van der Waals surface area contributed by atoms with Crippen LogP contribution >= 0.6 is 0 Å². The molecule has 1 aromatic rings. The Kier molecular flexibility index (Phi) is 3.09. The van der Waals surface area contributed by atoms with Crippen LogP contribution in [0.1, 0.15) is 5.56 Å². The topological polar surface area (TPSA) is 39.7 Å². The van der Waals surface area contributed by atoms with E-state index in [-0.39, 0.29) is 12.5 Å². The summed E-state index contributed by atoms with van der Waals surface area (Å²) in [5.41, 5.74) is 0.604. The van der Waals surface area contributed by atoms with Gasteiger partial charge in [0.1, 0.15) is 5.75 Å². The molecule has 0 aromatic heterocycles. The Hall–Kier alpha value is -1.56. The van der Waals surface area contributed by atoms with E-state index < -0.39 is 6.61 Å². The van der Waals surface area contributed by atoms with Crippen LogP contribution in [0.15, 0.2) is 12.1 Å². The molecule has 0 radical (unpaired) electrons. The Morgan fingerprint density at radius 1 is 1.38 bits per heavy atom. The monoisotopic (exact) mass is 231 g/mol. The summed E-state index contributed by atoms with van der Waals surface area (Å²) in [6, 6.07) is 3.05. The van der Waals surface area contributed by atoms with Gasteiger partial charge in [0, 0.05) is 18.2 Å². The van der Waals surface area contributed by atoms with Crippen molar-refractivity contribution in [3.05, 3.63) is 17.7 Å². The normalized spacial score (nSPS) is 13.2. The van der Waals surface area contributed by atoms with Crippen molar-refractivity contribution in [3.63, 3.8) is 0 Å². The first-order chi connectivity index (χ1) is 7.70. The first kappa shape index (κ1) is 10.9. The molecule has 6 heteroatoms. The van der Waals surface area contributed by atoms with E-state index in [9.17, 15) is 8.78 Å². The average molecular weight is 231 g/mol. The van der Waals surface area contributed by atoms with Crippen molar-refractivity contribution in [1.82, 2.24) is 5.32 Å². The van der Waals surface area contributed by atoms with E-state index in [1.165, 1.54) is 6.07 Å². The zero-order valence-electron chi connectivity index (χ0n) is 8.63. The van der Waals surface area contributed by atoms with E-state index in [4.69, 9.17) is 9.47 Å². The Morgan fingerprint density at radius 2 is 2.06 bits per heavy atom. The molecular formula is C10H11F2NO3. The predicted octanol–water partition coefficient (Wildman–Crippen LogP) is 1.74. The lowest BCUT2D eigenvalue weighted by molar-refractivity contribution is -0.0505. The highest BCUT2D eigenvalue weighted by molar-refractivity contribution is 5.51. The molecule has 0 amide bonds. The van der Waals surface area contributed by atoms with Crippen molar-refractivity contribution >= 4 is 0 Å².